The van der Waals surface area contributed by atoms with E-state index >= 15 is 0 Å². The molecule has 2 aromatic carbocycles. The van der Waals surface area contributed by atoms with E-state index in [0.29, 0.717) is 27.4 Å². The summed E-state index contributed by atoms with van der Waals surface area (Å²) in [6.07, 6.45) is 0. The van der Waals surface area contributed by atoms with Crippen molar-refractivity contribution in [3.05, 3.63) is 82.9 Å². The quantitative estimate of drug-likeness (QED) is 0.637. The summed E-state index contributed by atoms with van der Waals surface area (Å²) in [5, 5.41) is 0.723. The maximum Gasteiger partial charge on any atom is 0.281 e. The third-order valence-electron chi connectivity index (χ3n) is 4.68. The molecule has 0 unspecified atom stereocenters. The van der Waals surface area contributed by atoms with E-state index in [1.54, 1.807) is 25.1 Å². The molecular weight excluding hydrogens is 400 g/mol. The van der Waals surface area contributed by atoms with Crippen LogP contribution in [0.5, 0.6) is 0 Å². The molecule has 1 aliphatic rings. The third-order valence-corrected chi connectivity index (χ3v) is 5.89. The first-order valence-corrected chi connectivity index (χ1v) is 9.99. The van der Waals surface area contributed by atoms with Gasteiger partial charge in [0, 0.05) is 22.4 Å². The molecule has 0 spiro atoms. The first-order valence-electron chi connectivity index (χ1n) is 9.18. The molecule has 3 aromatic rings. The van der Waals surface area contributed by atoms with E-state index in [1.165, 1.54) is 16.2 Å². The van der Waals surface area contributed by atoms with Crippen LogP contribution in [0.3, 0.4) is 0 Å². The Morgan fingerprint density at radius 1 is 1.03 bits per heavy atom. The molecule has 2 N–H and O–H groups in total. The van der Waals surface area contributed by atoms with Gasteiger partial charge in [-0.3, -0.25) is 30.1 Å². The molecule has 30 heavy (non-hydrogen) atoms. The Hall–Kier alpha value is -3.78. The van der Waals surface area contributed by atoms with Gasteiger partial charge in [0.05, 0.1) is 5.69 Å². The summed E-state index contributed by atoms with van der Waals surface area (Å²) in [6.45, 7) is 5.39. The second-order valence-corrected chi connectivity index (χ2v) is 7.68. The first kappa shape index (κ1) is 19.5. The van der Waals surface area contributed by atoms with E-state index in [1.807, 2.05) is 36.4 Å². The molecule has 7 nitrogen and oxygen atoms in total. The van der Waals surface area contributed by atoms with Crippen LogP contribution in [0.15, 0.2) is 61.2 Å². The molecule has 0 radical (unpaired) electrons. The van der Waals surface area contributed by atoms with Gasteiger partial charge in [-0.15, -0.1) is 11.3 Å². The van der Waals surface area contributed by atoms with Crippen molar-refractivity contribution in [2.75, 3.05) is 6.54 Å². The lowest BCUT2D eigenvalue weighted by Crippen LogP contribution is -2.46. The summed E-state index contributed by atoms with van der Waals surface area (Å²) in [7, 11) is 0. The van der Waals surface area contributed by atoms with Crippen LogP contribution >= 0.6 is 11.3 Å². The number of carbonyl (C=O) groups is 3. The van der Waals surface area contributed by atoms with Crippen molar-refractivity contribution in [3.8, 4) is 10.6 Å². The molecule has 0 fully saturated rings. The predicted molar refractivity (Wildman–Crippen MR) is 114 cm³/mol. The monoisotopic (exact) mass is 418 g/mol. The molecule has 0 aliphatic carbocycles. The van der Waals surface area contributed by atoms with E-state index in [9.17, 15) is 14.4 Å². The van der Waals surface area contributed by atoms with E-state index in [2.05, 4.69) is 22.4 Å². The van der Waals surface area contributed by atoms with Gasteiger partial charge in [0.1, 0.15) is 16.4 Å². The average molecular weight is 418 g/mol. The van der Waals surface area contributed by atoms with Gasteiger partial charge in [0.15, 0.2) is 0 Å². The van der Waals surface area contributed by atoms with Gasteiger partial charge in [-0.25, -0.2) is 4.98 Å². The molecule has 0 bridgehead atoms. The number of aryl methyl sites for hydroxylation is 1. The zero-order valence-electron chi connectivity index (χ0n) is 16.1. The number of nitrogens with zero attached hydrogens (tertiary/aromatic N) is 2. The molecule has 0 saturated carbocycles. The topological polar surface area (TPSA) is 91.4 Å². The molecule has 2 heterocycles. The molecule has 1 aromatic heterocycles. The zero-order valence-corrected chi connectivity index (χ0v) is 17.0. The third kappa shape index (κ3) is 3.60. The second-order valence-electron chi connectivity index (χ2n) is 6.69. The van der Waals surface area contributed by atoms with Gasteiger partial charge >= 0.3 is 0 Å². The molecule has 3 amide bonds. The number of hydrogen-bond donors (Lipinski definition) is 2. The Kier molecular flexibility index (Phi) is 5.16. The lowest BCUT2D eigenvalue weighted by atomic mass is 10.1. The number of aromatic nitrogens is 1. The standard InChI is InChI=1S/C22H18N4O3S/c1-13-19(30-21(23-13)15-8-4-3-5-9-15)20(28)25-24-18(27)12-26-14(2)16-10-6-7-11-17(16)22(26)29/h3-11H,2,12H2,1H3,(H,24,27)(H,25,28). The normalized spacial score (nSPS) is 12.6. The first-order chi connectivity index (χ1) is 14.5. The minimum absolute atomic E-state index is 0.246. The largest absolute Gasteiger partial charge is 0.299 e. The van der Waals surface area contributed by atoms with Gasteiger partial charge in [-0.2, -0.15) is 0 Å². The van der Waals surface area contributed by atoms with Crippen LogP contribution in [0.1, 0.15) is 31.3 Å². The van der Waals surface area contributed by atoms with Crippen molar-refractivity contribution in [1.29, 1.82) is 0 Å². The van der Waals surface area contributed by atoms with Crippen molar-refractivity contribution >= 4 is 34.8 Å². The highest BCUT2D eigenvalue weighted by atomic mass is 32.1. The van der Waals surface area contributed by atoms with E-state index in [0.717, 1.165) is 10.6 Å². The number of thiazole rings is 1. The minimum Gasteiger partial charge on any atom is -0.299 e. The number of carbonyl (C=O) groups excluding carboxylic acids is 3. The van der Waals surface area contributed by atoms with Crippen LogP contribution in [0.2, 0.25) is 0 Å². The Labute approximate surface area is 177 Å². The summed E-state index contributed by atoms with van der Waals surface area (Å²) in [5.41, 5.74) is 7.91. The average Bonchev–Trinajstić information content (AvgIpc) is 3.27. The van der Waals surface area contributed by atoms with Crippen LogP contribution in [-0.2, 0) is 4.79 Å². The van der Waals surface area contributed by atoms with Crippen LogP contribution in [0.25, 0.3) is 16.3 Å². The molecule has 8 heteroatoms. The Morgan fingerprint density at radius 3 is 2.40 bits per heavy atom. The number of hydrogen-bond acceptors (Lipinski definition) is 5. The highest BCUT2D eigenvalue weighted by Crippen LogP contribution is 2.30. The SMILES string of the molecule is C=C1c2ccccc2C(=O)N1CC(=O)NNC(=O)c1sc(-c2ccccc2)nc1C. The molecule has 0 saturated heterocycles. The van der Waals surface area contributed by atoms with Gasteiger partial charge < -0.3 is 0 Å². The summed E-state index contributed by atoms with van der Waals surface area (Å²) >= 11 is 1.24. The summed E-state index contributed by atoms with van der Waals surface area (Å²) in [6, 6.07) is 16.6. The van der Waals surface area contributed by atoms with Gasteiger partial charge in [-0.1, -0.05) is 55.1 Å². The lowest BCUT2D eigenvalue weighted by molar-refractivity contribution is -0.122. The molecule has 4 rings (SSSR count). The summed E-state index contributed by atoms with van der Waals surface area (Å²) in [5.74, 6) is -1.28. The molecule has 0 atom stereocenters. The van der Waals surface area contributed by atoms with Crippen molar-refractivity contribution < 1.29 is 14.4 Å². The van der Waals surface area contributed by atoms with Crippen LogP contribution in [-0.4, -0.2) is 34.2 Å². The number of benzene rings is 2. The predicted octanol–water partition coefficient (Wildman–Crippen LogP) is 3.01. The fourth-order valence-electron chi connectivity index (χ4n) is 3.18. The maximum atomic E-state index is 12.5. The van der Waals surface area contributed by atoms with E-state index in [-0.39, 0.29) is 12.5 Å². The zero-order chi connectivity index (χ0) is 21.3. The van der Waals surface area contributed by atoms with Gasteiger partial charge in [-0.05, 0) is 13.0 Å². The Bertz CT molecular complexity index is 1140. The van der Waals surface area contributed by atoms with Gasteiger partial charge in [0.2, 0.25) is 0 Å². The fourth-order valence-corrected chi connectivity index (χ4v) is 4.15. The highest BCUT2D eigenvalue weighted by Gasteiger charge is 2.32. The molecule has 150 valence electrons. The number of hydrazine groups is 1. The number of amides is 3. The van der Waals surface area contributed by atoms with Crippen LogP contribution in [0, 0.1) is 6.92 Å². The Morgan fingerprint density at radius 2 is 1.70 bits per heavy atom. The molecular formula is C22H18N4O3S. The van der Waals surface area contributed by atoms with Crippen LogP contribution < -0.4 is 10.9 Å². The maximum absolute atomic E-state index is 12.5. The van der Waals surface area contributed by atoms with E-state index < -0.39 is 11.8 Å². The Balaban J connectivity index is 1.38. The fraction of sp³-hybridized carbons (Fsp3) is 0.0909. The second kappa shape index (κ2) is 7.92. The van der Waals surface area contributed by atoms with E-state index in [4.69, 9.17) is 0 Å². The minimum atomic E-state index is -0.531. The number of rotatable bonds is 4. The summed E-state index contributed by atoms with van der Waals surface area (Å²) in [4.78, 5) is 43.4. The highest BCUT2D eigenvalue weighted by molar-refractivity contribution is 7.17. The number of nitrogens with one attached hydrogen (secondary N) is 2. The van der Waals surface area contributed by atoms with Gasteiger partial charge in [0.25, 0.3) is 17.7 Å². The molecule has 1 aliphatic heterocycles. The number of fused-ring (bicyclic) bond motifs is 1. The van der Waals surface area contributed by atoms with Crippen molar-refractivity contribution in [1.82, 2.24) is 20.7 Å². The lowest BCUT2D eigenvalue weighted by Gasteiger charge is -2.17. The van der Waals surface area contributed by atoms with Crippen LogP contribution in [0.4, 0.5) is 0 Å². The van der Waals surface area contributed by atoms with Crippen molar-refractivity contribution in [2.45, 2.75) is 6.92 Å². The van der Waals surface area contributed by atoms with Crippen molar-refractivity contribution in [2.24, 2.45) is 0 Å². The summed E-state index contributed by atoms with van der Waals surface area (Å²) < 4.78 is 0. The van der Waals surface area contributed by atoms with Crippen molar-refractivity contribution in [3.63, 3.8) is 0 Å². The smallest absolute Gasteiger partial charge is 0.281 e.